The topological polar surface area (TPSA) is 77.2 Å². The number of ketones is 1. The van der Waals surface area contributed by atoms with Gasteiger partial charge in [0, 0.05) is 37.9 Å². The van der Waals surface area contributed by atoms with Gasteiger partial charge in [-0.3, -0.25) is 9.69 Å². The average Bonchev–Trinajstić information content (AvgIpc) is 3.33. The van der Waals surface area contributed by atoms with E-state index in [9.17, 15) is 4.79 Å². The van der Waals surface area contributed by atoms with Gasteiger partial charge in [-0.1, -0.05) is 18.6 Å². The number of carbonyl (C=O) groups is 1. The predicted molar refractivity (Wildman–Crippen MR) is 133 cm³/mol. The van der Waals surface area contributed by atoms with Gasteiger partial charge in [0.15, 0.2) is 5.78 Å². The lowest BCUT2D eigenvalue weighted by atomic mass is 9.92. The van der Waals surface area contributed by atoms with Gasteiger partial charge in [0.2, 0.25) is 0 Å². The van der Waals surface area contributed by atoms with Gasteiger partial charge < -0.3 is 15.2 Å². The quantitative estimate of drug-likeness (QED) is 0.539. The summed E-state index contributed by atoms with van der Waals surface area (Å²) in [5, 5.41) is 4.42. The van der Waals surface area contributed by atoms with Crippen LogP contribution in [0, 0.1) is 5.92 Å². The molecule has 4 heterocycles. The van der Waals surface area contributed by atoms with Crippen molar-refractivity contribution in [2.24, 2.45) is 5.92 Å². The van der Waals surface area contributed by atoms with Crippen LogP contribution < -0.4 is 10.2 Å². The van der Waals surface area contributed by atoms with Crippen molar-refractivity contribution in [2.75, 3.05) is 42.9 Å². The first-order valence-electron chi connectivity index (χ1n) is 12.3. The number of piperidine rings is 2. The Kier molecular flexibility index (Phi) is 6.86. The first kappa shape index (κ1) is 21.9. The van der Waals surface area contributed by atoms with Crippen LogP contribution in [0.2, 0.25) is 0 Å². The molecule has 174 valence electrons. The molecule has 1 unspecified atom stereocenters. The molecule has 2 fully saturated rings. The molecule has 0 spiro atoms. The minimum absolute atomic E-state index is 0.276. The van der Waals surface area contributed by atoms with Crippen molar-refractivity contribution in [3.05, 3.63) is 48.4 Å². The molecule has 0 aliphatic carbocycles. The standard InChI is InChI=1S/C26H34N6O/c33-23(16-28-22-8-4-6-20(14-22)17-31-11-2-1-3-12-31)15-21-7-5-13-32(18-21)26-24-9-10-27-25(24)29-19-30-26/h4,6,8-10,14,19,21,28H,1-3,5,7,11-13,15-18H2,(H,27,29,30). The van der Waals surface area contributed by atoms with Crippen LogP contribution in [0.1, 0.15) is 44.1 Å². The van der Waals surface area contributed by atoms with Gasteiger partial charge in [0.25, 0.3) is 0 Å². The number of aromatic nitrogens is 3. The second kappa shape index (κ2) is 10.3. The fraction of sp³-hybridized carbons (Fsp3) is 0.500. The van der Waals surface area contributed by atoms with Crippen LogP contribution in [0.5, 0.6) is 0 Å². The highest BCUT2D eigenvalue weighted by Gasteiger charge is 2.24. The van der Waals surface area contributed by atoms with Gasteiger partial charge in [0.05, 0.1) is 11.9 Å². The molecule has 33 heavy (non-hydrogen) atoms. The van der Waals surface area contributed by atoms with Gasteiger partial charge in [-0.25, -0.2) is 9.97 Å². The molecule has 1 aromatic carbocycles. The van der Waals surface area contributed by atoms with E-state index in [2.05, 4.69) is 54.3 Å². The number of likely N-dealkylation sites (tertiary alicyclic amines) is 1. The molecule has 2 saturated heterocycles. The number of carbonyl (C=O) groups excluding carboxylic acids is 1. The van der Waals surface area contributed by atoms with E-state index in [-0.39, 0.29) is 5.78 Å². The molecule has 0 bridgehead atoms. The largest absolute Gasteiger partial charge is 0.378 e. The van der Waals surface area contributed by atoms with Gasteiger partial charge in [-0.2, -0.15) is 0 Å². The number of Topliss-reactive ketones (excluding diaryl/α,β-unsaturated/α-hetero) is 1. The van der Waals surface area contributed by atoms with E-state index < -0.39 is 0 Å². The number of fused-ring (bicyclic) bond motifs is 1. The fourth-order valence-corrected chi connectivity index (χ4v) is 5.28. The van der Waals surface area contributed by atoms with Crippen molar-refractivity contribution in [3.8, 4) is 0 Å². The maximum Gasteiger partial charge on any atom is 0.152 e. The minimum Gasteiger partial charge on any atom is -0.378 e. The van der Waals surface area contributed by atoms with Crippen molar-refractivity contribution < 1.29 is 4.79 Å². The first-order chi connectivity index (χ1) is 16.2. The number of H-pyrrole nitrogens is 1. The summed E-state index contributed by atoms with van der Waals surface area (Å²) in [7, 11) is 0. The third-order valence-corrected chi connectivity index (χ3v) is 6.94. The van der Waals surface area contributed by atoms with Crippen LogP contribution in [0.4, 0.5) is 11.5 Å². The third kappa shape index (κ3) is 5.53. The van der Waals surface area contributed by atoms with Gasteiger partial charge in [-0.15, -0.1) is 0 Å². The van der Waals surface area contributed by atoms with Gasteiger partial charge in [0.1, 0.15) is 17.8 Å². The van der Waals surface area contributed by atoms with Crippen LogP contribution in [0.15, 0.2) is 42.9 Å². The molecule has 2 N–H and O–H groups in total. The molecule has 1 atom stereocenters. The van der Waals surface area contributed by atoms with Gasteiger partial charge in [-0.05, 0) is 68.5 Å². The van der Waals surface area contributed by atoms with E-state index in [1.165, 1.54) is 37.9 Å². The van der Waals surface area contributed by atoms with Crippen LogP contribution in [-0.2, 0) is 11.3 Å². The maximum absolute atomic E-state index is 12.8. The maximum atomic E-state index is 12.8. The van der Waals surface area contributed by atoms with E-state index in [0.717, 1.165) is 55.0 Å². The van der Waals surface area contributed by atoms with Crippen molar-refractivity contribution in [3.63, 3.8) is 0 Å². The molecule has 2 aromatic heterocycles. The number of hydrogen-bond acceptors (Lipinski definition) is 6. The van der Waals surface area contributed by atoms with Crippen LogP contribution in [0.3, 0.4) is 0 Å². The Labute approximate surface area is 195 Å². The Hall–Kier alpha value is -2.93. The summed E-state index contributed by atoms with van der Waals surface area (Å²) in [6.07, 6.45) is 10.3. The molecule has 0 amide bonds. The molecular formula is C26H34N6O. The van der Waals surface area contributed by atoms with E-state index in [1.54, 1.807) is 6.33 Å². The zero-order valence-electron chi connectivity index (χ0n) is 19.3. The van der Waals surface area contributed by atoms with Gasteiger partial charge >= 0.3 is 0 Å². The second-order valence-electron chi connectivity index (χ2n) is 9.53. The minimum atomic E-state index is 0.276. The summed E-state index contributed by atoms with van der Waals surface area (Å²) in [6.45, 7) is 5.62. The molecule has 3 aromatic rings. The number of aromatic amines is 1. The predicted octanol–water partition coefficient (Wildman–Crippen LogP) is 4.23. The highest BCUT2D eigenvalue weighted by molar-refractivity contribution is 5.87. The Bertz CT molecular complexity index is 1070. The molecule has 7 heteroatoms. The Morgan fingerprint density at radius 2 is 2.00 bits per heavy atom. The molecular weight excluding hydrogens is 412 g/mol. The van der Waals surface area contributed by atoms with Crippen molar-refractivity contribution >= 4 is 28.3 Å². The van der Waals surface area contributed by atoms with Crippen LogP contribution >= 0.6 is 0 Å². The lowest BCUT2D eigenvalue weighted by molar-refractivity contribution is -0.118. The van der Waals surface area contributed by atoms with Crippen LogP contribution in [0.25, 0.3) is 11.0 Å². The van der Waals surface area contributed by atoms with Crippen LogP contribution in [-0.4, -0.2) is 58.4 Å². The number of anilines is 2. The summed E-state index contributed by atoms with van der Waals surface area (Å²) in [6, 6.07) is 10.6. The number of hydrogen-bond donors (Lipinski definition) is 2. The van der Waals surface area contributed by atoms with E-state index >= 15 is 0 Å². The molecule has 2 aliphatic rings. The summed E-state index contributed by atoms with van der Waals surface area (Å²) in [4.78, 5) is 29.6. The number of nitrogens with one attached hydrogen (secondary N) is 2. The lowest BCUT2D eigenvalue weighted by Crippen LogP contribution is -2.37. The Morgan fingerprint density at radius 1 is 1.09 bits per heavy atom. The summed E-state index contributed by atoms with van der Waals surface area (Å²) in [5.41, 5.74) is 3.22. The van der Waals surface area contributed by atoms with E-state index in [1.807, 2.05) is 12.3 Å². The monoisotopic (exact) mass is 446 g/mol. The van der Waals surface area contributed by atoms with E-state index in [4.69, 9.17) is 0 Å². The van der Waals surface area contributed by atoms with Crippen molar-refractivity contribution in [1.29, 1.82) is 0 Å². The number of nitrogens with zero attached hydrogens (tertiary/aromatic N) is 4. The normalized spacial score (nSPS) is 19.6. The Balaban J connectivity index is 1.13. The average molecular weight is 447 g/mol. The summed E-state index contributed by atoms with van der Waals surface area (Å²) in [5.74, 6) is 1.61. The zero-order valence-corrected chi connectivity index (χ0v) is 19.3. The van der Waals surface area contributed by atoms with Crippen molar-refractivity contribution in [2.45, 2.75) is 45.1 Å². The molecule has 5 rings (SSSR count). The van der Waals surface area contributed by atoms with Crippen molar-refractivity contribution in [1.82, 2.24) is 19.9 Å². The zero-order chi connectivity index (χ0) is 22.5. The highest BCUT2D eigenvalue weighted by Crippen LogP contribution is 2.28. The third-order valence-electron chi connectivity index (χ3n) is 6.94. The molecule has 0 saturated carbocycles. The fourth-order valence-electron chi connectivity index (χ4n) is 5.28. The summed E-state index contributed by atoms with van der Waals surface area (Å²) >= 11 is 0. The molecule has 7 nitrogen and oxygen atoms in total. The van der Waals surface area contributed by atoms with E-state index in [0.29, 0.717) is 18.9 Å². The first-order valence-corrected chi connectivity index (χ1v) is 12.3. The second-order valence-corrected chi connectivity index (χ2v) is 9.53. The smallest absolute Gasteiger partial charge is 0.152 e. The summed E-state index contributed by atoms with van der Waals surface area (Å²) < 4.78 is 0. The molecule has 2 aliphatic heterocycles. The number of benzene rings is 1. The number of rotatable bonds is 8. The molecule has 0 radical (unpaired) electrons. The highest BCUT2D eigenvalue weighted by atomic mass is 16.1. The lowest BCUT2D eigenvalue weighted by Gasteiger charge is -2.33. The Morgan fingerprint density at radius 3 is 2.91 bits per heavy atom. The SMILES string of the molecule is O=C(CNc1cccc(CN2CCCCC2)c1)CC1CCCN(c2ncnc3[nH]ccc23)C1.